The van der Waals surface area contributed by atoms with Crippen LogP contribution in [0.4, 0.5) is 15.8 Å². The number of rotatable bonds is 5. The van der Waals surface area contributed by atoms with E-state index in [1.807, 2.05) is 48.2 Å². The van der Waals surface area contributed by atoms with Gasteiger partial charge in [0.1, 0.15) is 12.4 Å². The van der Waals surface area contributed by atoms with Gasteiger partial charge in [0.2, 0.25) is 5.91 Å². The smallest absolute Gasteiger partial charge is 0.246 e. The van der Waals surface area contributed by atoms with Gasteiger partial charge in [-0.15, -0.1) is 24.0 Å². The van der Waals surface area contributed by atoms with Crippen LogP contribution in [0.1, 0.15) is 6.92 Å². The third kappa shape index (κ3) is 6.59. The van der Waals surface area contributed by atoms with E-state index >= 15 is 0 Å². The molecule has 3 rings (SSSR count). The number of piperazine rings is 1. The van der Waals surface area contributed by atoms with Crippen LogP contribution in [0.2, 0.25) is 0 Å². The van der Waals surface area contributed by atoms with Gasteiger partial charge in [0.05, 0.1) is 5.69 Å². The Morgan fingerprint density at radius 2 is 1.69 bits per heavy atom. The number of hydrogen-bond donors (Lipinski definition) is 2. The van der Waals surface area contributed by atoms with Crippen LogP contribution in [-0.4, -0.2) is 56.0 Å². The lowest BCUT2D eigenvalue weighted by atomic mass is 10.2. The highest BCUT2D eigenvalue weighted by Crippen LogP contribution is 2.20. The number of amides is 1. The Bertz CT molecular complexity index is 810. The molecule has 0 bridgehead atoms. The topological polar surface area (TPSA) is 60.0 Å². The van der Waals surface area contributed by atoms with Crippen LogP contribution < -0.4 is 15.5 Å². The summed E-state index contributed by atoms with van der Waals surface area (Å²) in [6, 6.07) is 16.2. The molecule has 1 aliphatic rings. The summed E-state index contributed by atoms with van der Waals surface area (Å²) in [6.07, 6.45) is 0. The summed E-state index contributed by atoms with van der Waals surface area (Å²) in [4.78, 5) is 20.8. The summed E-state index contributed by atoms with van der Waals surface area (Å²) in [5, 5.41) is 6.08. The van der Waals surface area contributed by atoms with Gasteiger partial charge in [-0.1, -0.05) is 30.3 Å². The highest BCUT2D eigenvalue weighted by Gasteiger charge is 2.21. The molecule has 0 aliphatic carbocycles. The summed E-state index contributed by atoms with van der Waals surface area (Å²) in [7, 11) is 0. The van der Waals surface area contributed by atoms with Gasteiger partial charge in [0.25, 0.3) is 0 Å². The molecule has 2 aromatic carbocycles. The van der Waals surface area contributed by atoms with E-state index in [1.54, 1.807) is 12.1 Å². The van der Waals surface area contributed by atoms with Gasteiger partial charge in [-0.25, -0.2) is 9.38 Å². The van der Waals surface area contributed by atoms with Crippen LogP contribution in [0.3, 0.4) is 0 Å². The number of carbonyl (C=O) groups excluding carboxylic acids is 1. The van der Waals surface area contributed by atoms with Crippen molar-refractivity contribution in [2.75, 3.05) is 49.5 Å². The Morgan fingerprint density at radius 1 is 1.03 bits per heavy atom. The highest BCUT2D eigenvalue weighted by molar-refractivity contribution is 14.0. The lowest BCUT2D eigenvalue weighted by Gasteiger charge is -2.37. The molecule has 0 saturated carbocycles. The monoisotopic (exact) mass is 511 g/mol. The molecule has 0 unspecified atom stereocenters. The van der Waals surface area contributed by atoms with Crippen LogP contribution in [0, 0.1) is 5.82 Å². The fraction of sp³-hybridized carbons (Fsp3) is 0.333. The SMILES string of the molecule is CCNC(=NCC(=O)Nc1ccccc1)N1CCN(c2ccccc2F)CC1.I. The van der Waals surface area contributed by atoms with Crippen molar-refractivity contribution < 1.29 is 9.18 Å². The molecule has 0 spiro atoms. The molecule has 1 heterocycles. The molecule has 0 atom stereocenters. The third-order valence-electron chi connectivity index (χ3n) is 4.54. The molecule has 2 N–H and O–H groups in total. The molecule has 29 heavy (non-hydrogen) atoms. The Kier molecular flexibility index (Phi) is 9.17. The average Bonchev–Trinajstić information content (AvgIpc) is 2.72. The Balaban J connectivity index is 0.00000300. The second-order valence-corrected chi connectivity index (χ2v) is 6.51. The Morgan fingerprint density at radius 3 is 2.34 bits per heavy atom. The van der Waals surface area contributed by atoms with Crippen molar-refractivity contribution >= 4 is 47.2 Å². The lowest BCUT2D eigenvalue weighted by molar-refractivity contribution is -0.114. The van der Waals surface area contributed by atoms with E-state index in [9.17, 15) is 9.18 Å². The first kappa shape index (κ1) is 22.9. The van der Waals surface area contributed by atoms with E-state index in [2.05, 4.69) is 20.5 Å². The molecule has 1 aliphatic heterocycles. The number of para-hydroxylation sites is 2. The van der Waals surface area contributed by atoms with Gasteiger partial charge in [-0.05, 0) is 31.2 Å². The summed E-state index contributed by atoms with van der Waals surface area (Å²) in [5.41, 5.74) is 1.39. The van der Waals surface area contributed by atoms with E-state index < -0.39 is 0 Å². The van der Waals surface area contributed by atoms with Crippen molar-refractivity contribution in [3.05, 3.63) is 60.4 Å². The van der Waals surface area contributed by atoms with Crippen molar-refractivity contribution in [3.63, 3.8) is 0 Å². The van der Waals surface area contributed by atoms with Gasteiger partial charge < -0.3 is 20.4 Å². The number of aliphatic imine (C=N–C) groups is 1. The molecule has 156 valence electrons. The molecule has 0 radical (unpaired) electrons. The van der Waals surface area contributed by atoms with Crippen LogP contribution >= 0.6 is 24.0 Å². The minimum absolute atomic E-state index is 0. The molecule has 8 heteroatoms. The van der Waals surface area contributed by atoms with Crippen LogP contribution in [0.25, 0.3) is 0 Å². The van der Waals surface area contributed by atoms with Crippen LogP contribution in [0.15, 0.2) is 59.6 Å². The average molecular weight is 511 g/mol. The number of guanidine groups is 1. The minimum atomic E-state index is -0.200. The fourth-order valence-corrected chi connectivity index (χ4v) is 3.16. The standard InChI is InChI=1S/C21H26FN5O.HI/c1-2-23-21(24-16-20(28)25-17-8-4-3-5-9-17)27-14-12-26(13-15-27)19-11-7-6-10-18(19)22;/h3-11H,2,12-16H2,1H3,(H,23,24)(H,25,28);1H. The van der Waals surface area contributed by atoms with E-state index in [4.69, 9.17) is 0 Å². The second kappa shape index (κ2) is 11.6. The number of hydrogen-bond acceptors (Lipinski definition) is 3. The van der Waals surface area contributed by atoms with Gasteiger partial charge in [-0.3, -0.25) is 4.79 Å². The maximum atomic E-state index is 14.0. The quantitative estimate of drug-likeness (QED) is 0.368. The first-order valence-corrected chi connectivity index (χ1v) is 9.55. The van der Waals surface area contributed by atoms with Crippen LogP contribution in [-0.2, 0) is 4.79 Å². The summed E-state index contributed by atoms with van der Waals surface area (Å²) in [5.74, 6) is 0.347. The largest absolute Gasteiger partial charge is 0.366 e. The van der Waals surface area contributed by atoms with E-state index in [-0.39, 0.29) is 42.2 Å². The number of benzene rings is 2. The zero-order valence-corrected chi connectivity index (χ0v) is 18.8. The van der Waals surface area contributed by atoms with Crippen molar-refractivity contribution in [3.8, 4) is 0 Å². The fourth-order valence-electron chi connectivity index (χ4n) is 3.16. The molecule has 1 fully saturated rings. The number of nitrogens with zero attached hydrogens (tertiary/aromatic N) is 3. The van der Waals surface area contributed by atoms with Gasteiger partial charge >= 0.3 is 0 Å². The minimum Gasteiger partial charge on any atom is -0.366 e. The van der Waals surface area contributed by atoms with E-state index in [0.717, 1.165) is 5.69 Å². The molecule has 6 nitrogen and oxygen atoms in total. The van der Waals surface area contributed by atoms with Crippen molar-refractivity contribution in [1.82, 2.24) is 10.2 Å². The molecule has 2 aromatic rings. The first-order valence-electron chi connectivity index (χ1n) is 9.55. The van der Waals surface area contributed by atoms with E-state index in [1.165, 1.54) is 6.07 Å². The van der Waals surface area contributed by atoms with Crippen molar-refractivity contribution in [2.45, 2.75) is 6.92 Å². The molecule has 1 saturated heterocycles. The normalized spacial score (nSPS) is 14.2. The highest BCUT2D eigenvalue weighted by atomic mass is 127. The maximum absolute atomic E-state index is 14.0. The number of anilines is 2. The van der Waals surface area contributed by atoms with Gasteiger partial charge in [-0.2, -0.15) is 0 Å². The Labute approximate surface area is 188 Å². The number of carbonyl (C=O) groups is 1. The molecule has 0 aromatic heterocycles. The lowest BCUT2D eigenvalue weighted by Crippen LogP contribution is -2.53. The van der Waals surface area contributed by atoms with Crippen molar-refractivity contribution in [2.24, 2.45) is 4.99 Å². The second-order valence-electron chi connectivity index (χ2n) is 6.51. The van der Waals surface area contributed by atoms with Crippen molar-refractivity contribution in [1.29, 1.82) is 0 Å². The third-order valence-corrected chi connectivity index (χ3v) is 4.54. The Hall–Kier alpha value is -2.36. The van der Waals surface area contributed by atoms with Gasteiger partial charge in [0.15, 0.2) is 5.96 Å². The van der Waals surface area contributed by atoms with Crippen LogP contribution in [0.5, 0.6) is 0 Å². The summed E-state index contributed by atoms with van der Waals surface area (Å²) >= 11 is 0. The predicted molar refractivity (Wildman–Crippen MR) is 127 cm³/mol. The summed E-state index contributed by atoms with van der Waals surface area (Å²) in [6.45, 7) is 5.57. The van der Waals surface area contributed by atoms with Gasteiger partial charge in [0, 0.05) is 38.4 Å². The predicted octanol–water partition coefficient (Wildman–Crippen LogP) is 3.17. The number of nitrogens with one attached hydrogen (secondary N) is 2. The summed E-state index contributed by atoms with van der Waals surface area (Å²) < 4.78 is 14.0. The van der Waals surface area contributed by atoms with E-state index in [0.29, 0.717) is 44.4 Å². The zero-order chi connectivity index (χ0) is 19.8. The maximum Gasteiger partial charge on any atom is 0.246 e. The molecule has 1 amide bonds. The first-order chi connectivity index (χ1) is 13.7. The molecular formula is C21H27FIN5O. The molecular weight excluding hydrogens is 484 g/mol. The number of halogens is 2. The zero-order valence-electron chi connectivity index (χ0n) is 16.5.